The molecular weight excluding hydrogens is 441 g/mol. The van der Waals surface area contributed by atoms with Gasteiger partial charge in [-0.2, -0.15) is 0 Å². The number of amides is 1. The van der Waals surface area contributed by atoms with Gasteiger partial charge in [-0.25, -0.2) is 4.39 Å². The average Bonchev–Trinajstić information content (AvgIpc) is 3.26. The SMILES string of the molecule is COc1ccc(N2CCN(C(=O)c3cc(-c4ccccc4)n(-c4ccc(F)cc4)c3C)CC2)cc1. The first-order chi connectivity index (χ1) is 17.0. The van der Waals surface area contributed by atoms with Crippen molar-refractivity contribution >= 4 is 11.6 Å². The number of halogens is 1. The molecule has 0 saturated carbocycles. The second-order valence-electron chi connectivity index (χ2n) is 8.68. The van der Waals surface area contributed by atoms with Crippen molar-refractivity contribution in [2.24, 2.45) is 0 Å². The van der Waals surface area contributed by atoms with Crippen molar-refractivity contribution in [3.05, 3.63) is 102 Å². The Balaban J connectivity index is 1.41. The van der Waals surface area contributed by atoms with Crippen LogP contribution in [0.3, 0.4) is 0 Å². The topological polar surface area (TPSA) is 37.7 Å². The summed E-state index contributed by atoms with van der Waals surface area (Å²) < 4.78 is 20.9. The van der Waals surface area contributed by atoms with Crippen molar-refractivity contribution in [3.63, 3.8) is 0 Å². The van der Waals surface area contributed by atoms with E-state index in [1.807, 2.05) is 64.9 Å². The van der Waals surface area contributed by atoms with Crippen LogP contribution in [0.25, 0.3) is 16.9 Å². The number of carbonyl (C=O) groups is 1. The zero-order valence-corrected chi connectivity index (χ0v) is 19.9. The number of anilines is 1. The van der Waals surface area contributed by atoms with Crippen LogP contribution in [0.4, 0.5) is 10.1 Å². The van der Waals surface area contributed by atoms with Gasteiger partial charge in [-0.3, -0.25) is 4.79 Å². The molecule has 1 fully saturated rings. The molecule has 5 rings (SSSR count). The largest absolute Gasteiger partial charge is 0.497 e. The summed E-state index contributed by atoms with van der Waals surface area (Å²) in [5.74, 6) is 0.568. The number of piperazine rings is 1. The van der Waals surface area contributed by atoms with E-state index in [-0.39, 0.29) is 11.7 Å². The molecule has 1 amide bonds. The van der Waals surface area contributed by atoms with Crippen LogP contribution in [0.1, 0.15) is 16.1 Å². The van der Waals surface area contributed by atoms with Crippen LogP contribution >= 0.6 is 0 Å². The number of nitrogens with zero attached hydrogens (tertiary/aromatic N) is 3. The zero-order chi connectivity index (χ0) is 24.4. The summed E-state index contributed by atoms with van der Waals surface area (Å²) in [6.07, 6.45) is 0. The van der Waals surface area contributed by atoms with Crippen molar-refractivity contribution in [1.82, 2.24) is 9.47 Å². The molecule has 0 atom stereocenters. The van der Waals surface area contributed by atoms with Gasteiger partial charge in [0.25, 0.3) is 5.91 Å². The lowest BCUT2D eigenvalue weighted by molar-refractivity contribution is 0.0746. The van der Waals surface area contributed by atoms with Gasteiger partial charge in [0.15, 0.2) is 0 Å². The summed E-state index contributed by atoms with van der Waals surface area (Å²) in [5.41, 5.74) is 5.39. The molecule has 0 spiro atoms. The molecule has 0 bridgehead atoms. The fourth-order valence-electron chi connectivity index (χ4n) is 4.70. The molecule has 3 aromatic carbocycles. The monoisotopic (exact) mass is 469 g/mol. The van der Waals surface area contributed by atoms with Crippen molar-refractivity contribution in [3.8, 4) is 22.7 Å². The molecule has 0 N–H and O–H groups in total. The Labute approximate surface area is 205 Å². The number of aromatic nitrogens is 1. The number of carbonyl (C=O) groups excluding carboxylic acids is 1. The standard InChI is InChI=1S/C29H28FN3O2/c1-21-27(29(34)32-18-16-31(17-19-32)24-12-14-26(35-2)15-13-24)20-28(22-6-4-3-5-7-22)33(21)25-10-8-23(30)9-11-25/h3-15,20H,16-19H2,1-2H3. The fraction of sp³-hybridized carbons (Fsp3) is 0.207. The molecule has 0 radical (unpaired) electrons. The Bertz CT molecular complexity index is 1310. The maximum Gasteiger partial charge on any atom is 0.255 e. The molecule has 35 heavy (non-hydrogen) atoms. The van der Waals surface area contributed by atoms with Crippen LogP contribution in [0.2, 0.25) is 0 Å². The predicted octanol–water partition coefficient (Wildman–Crippen LogP) is 5.56. The van der Waals surface area contributed by atoms with Crippen LogP contribution < -0.4 is 9.64 Å². The minimum atomic E-state index is -0.286. The third kappa shape index (κ3) is 4.52. The maximum atomic E-state index is 13.6. The fourth-order valence-corrected chi connectivity index (χ4v) is 4.70. The Morgan fingerprint density at radius 3 is 2.09 bits per heavy atom. The second kappa shape index (κ2) is 9.66. The van der Waals surface area contributed by atoms with E-state index in [2.05, 4.69) is 17.0 Å². The highest BCUT2D eigenvalue weighted by molar-refractivity contribution is 5.97. The first-order valence-corrected chi connectivity index (χ1v) is 11.8. The van der Waals surface area contributed by atoms with E-state index in [1.165, 1.54) is 12.1 Å². The first kappa shape index (κ1) is 22.7. The minimum absolute atomic E-state index is 0.0231. The normalized spacial score (nSPS) is 13.7. The smallest absolute Gasteiger partial charge is 0.255 e. The highest BCUT2D eigenvalue weighted by Gasteiger charge is 2.26. The van der Waals surface area contributed by atoms with Gasteiger partial charge >= 0.3 is 0 Å². The summed E-state index contributed by atoms with van der Waals surface area (Å²) in [5, 5.41) is 0. The number of ether oxygens (including phenoxy) is 1. The number of hydrogen-bond donors (Lipinski definition) is 0. The van der Waals surface area contributed by atoms with Crippen molar-refractivity contribution in [1.29, 1.82) is 0 Å². The highest BCUT2D eigenvalue weighted by atomic mass is 19.1. The van der Waals surface area contributed by atoms with Crippen LogP contribution in [0.5, 0.6) is 5.75 Å². The summed E-state index contributed by atoms with van der Waals surface area (Å²) >= 11 is 0. The third-order valence-corrected chi connectivity index (χ3v) is 6.64. The van der Waals surface area contributed by atoms with E-state index in [4.69, 9.17) is 4.74 Å². The Kier molecular flexibility index (Phi) is 6.27. The van der Waals surface area contributed by atoms with Gasteiger partial charge in [0.2, 0.25) is 0 Å². The van der Waals surface area contributed by atoms with Gasteiger partial charge in [0.1, 0.15) is 11.6 Å². The molecule has 1 aromatic heterocycles. The van der Waals surface area contributed by atoms with Crippen molar-refractivity contribution in [2.45, 2.75) is 6.92 Å². The molecule has 0 aliphatic carbocycles. The lowest BCUT2D eigenvalue weighted by Gasteiger charge is -2.36. The van der Waals surface area contributed by atoms with Gasteiger partial charge in [0.05, 0.1) is 18.4 Å². The highest BCUT2D eigenvalue weighted by Crippen LogP contribution is 2.31. The molecule has 5 nitrogen and oxygen atoms in total. The van der Waals surface area contributed by atoms with Gasteiger partial charge in [-0.1, -0.05) is 30.3 Å². The van der Waals surface area contributed by atoms with Gasteiger partial charge in [0, 0.05) is 43.2 Å². The lowest BCUT2D eigenvalue weighted by atomic mass is 10.1. The summed E-state index contributed by atoms with van der Waals surface area (Å²) in [4.78, 5) is 17.9. The maximum absolute atomic E-state index is 13.6. The number of benzene rings is 3. The molecule has 1 saturated heterocycles. The Morgan fingerprint density at radius 1 is 0.829 bits per heavy atom. The summed E-state index contributed by atoms with van der Waals surface area (Å²) in [6, 6.07) is 26.3. The van der Waals surface area contributed by atoms with E-state index in [0.717, 1.165) is 47.2 Å². The van der Waals surface area contributed by atoms with E-state index in [9.17, 15) is 9.18 Å². The average molecular weight is 470 g/mol. The molecule has 4 aromatic rings. The van der Waals surface area contributed by atoms with Gasteiger partial charge < -0.3 is 19.1 Å². The predicted molar refractivity (Wildman–Crippen MR) is 137 cm³/mol. The van der Waals surface area contributed by atoms with Crippen LogP contribution in [-0.4, -0.2) is 48.7 Å². The van der Waals surface area contributed by atoms with E-state index in [1.54, 1.807) is 19.2 Å². The summed E-state index contributed by atoms with van der Waals surface area (Å²) in [7, 11) is 1.66. The zero-order valence-electron chi connectivity index (χ0n) is 19.9. The first-order valence-electron chi connectivity index (χ1n) is 11.8. The summed E-state index contributed by atoms with van der Waals surface area (Å²) in [6.45, 7) is 4.78. The molecule has 0 unspecified atom stereocenters. The molecule has 2 heterocycles. The molecule has 1 aliphatic heterocycles. The van der Waals surface area contributed by atoms with Crippen molar-refractivity contribution in [2.75, 3.05) is 38.2 Å². The van der Waals surface area contributed by atoms with E-state index in [0.29, 0.717) is 18.7 Å². The molecule has 178 valence electrons. The third-order valence-electron chi connectivity index (χ3n) is 6.64. The van der Waals surface area contributed by atoms with E-state index < -0.39 is 0 Å². The number of rotatable bonds is 5. The Hall–Kier alpha value is -4.06. The second-order valence-corrected chi connectivity index (χ2v) is 8.68. The number of hydrogen-bond acceptors (Lipinski definition) is 3. The van der Waals surface area contributed by atoms with E-state index >= 15 is 0 Å². The van der Waals surface area contributed by atoms with Crippen LogP contribution in [0, 0.1) is 12.7 Å². The van der Waals surface area contributed by atoms with Crippen LogP contribution in [-0.2, 0) is 0 Å². The minimum Gasteiger partial charge on any atom is -0.497 e. The van der Waals surface area contributed by atoms with Crippen molar-refractivity contribution < 1.29 is 13.9 Å². The quantitative estimate of drug-likeness (QED) is 0.384. The molecule has 6 heteroatoms. The lowest BCUT2D eigenvalue weighted by Crippen LogP contribution is -2.48. The molecule has 1 aliphatic rings. The number of methoxy groups -OCH3 is 1. The molecular formula is C29H28FN3O2. The van der Waals surface area contributed by atoms with Gasteiger partial charge in [-0.15, -0.1) is 0 Å². The van der Waals surface area contributed by atoms with Crippen LogP contribution in [0.15, 0.2) is 84.9 Å². The Morgan fingerprint density at radius 2 is 1.46 bits per heavy atom. The van der Waals surface area contributed by atoms with Gasteiger partial charge in [-0.05, 0) is 67.1 Å².